The number of pyridine rings is 1. The number of piperidine rings is 1. The van der Waals surface area contributed by atoms with Gasteiger partial charge in [-0.1, -0.05) is 90.2 Å². The Balaban J connectivity index is 1.44. The number of hydrazine groups is 1. The van der Waals surface area contributed by atoms with E-state index in [4.69, 9.17) is 19.2 Å². The molecule has 5 amide bonds. The number of nitro groups is 1. The number of nitrogens with one attached hydrogen (secondary N) is 4. The molecule has 2 unspecified atom stereocenters. The summed E-state index contributed by atoms with van der Waals surface area (Å²) < 4.78 is 17.4. The van der Waals surface area contributed by atoms with Crippen LogP contribution in [0.3, 0.4) is 0 Å². The number of aromatic nitrogens is 2. The largest absolute Gasteiger partial charge is 0.508 e. The van der Waals surface area contributed by atoms with Crippen LogP contribution in [0.4, 0.5) is 10.5 Å². The zero-order valence-electron chi connectivity index (χ0n) is 43.3. The number of rotatable bonds is 30. The molecule has 7 atom stereocenters. The highest BCUT2D eigenvalue weighted by Gasteiger charge is 2.39. The van der Waals surface area contributed by atoms with Crippen LogP contribution >= 0.6 is 32.9 Å². The fourth-order valence-corrected chi connectivity index (χ4v) is 11.0. The van der Waals surface area contributed by atoms with Crippen molar-refractivity contribution in [2.75, 3.05) is 46.4 Å². The Morgan fingerprint density at radius 3 is 2.44 bits per heavy atom. The molecule has 23 heteroatoms. The van der Waals surface area contributed by atoms with E-state index in [1.165, 1.54) is 52.6 Å². The third-order valence-corrected chi connectivity index (χ3v) is 16.0. The highest BCUT2D eigenvalue weighted by atomic mass is 33.1. The molecular formula is C50H75N9O11S3. The lowest BCUT2D eigenvalue weighted by atomic mass is 9.92. The lowest BCUT2D eigenvalue weighted by Crippen LogP contribution is -2.59. The summed E-state index contributed by atoms with van der Waals surface area (Å²) in [5.74, 6) is -1.98. The molecule has 0 saturated carbocycles. The first-order valence-electron chi connectivity index (χ1n) is 25.0. The van der Waals surface area contributed by atoms with Gasteiger partial charge in [0.15, 0.2) is 5.03 Å². The first kappa shape index (κ1) is 60.5. The van der Waals surface area contributed by atoms with Crippen molar-refractivity contribution in [2.45, 2.75) is 141 Å². The normalized spacial score (nSPS) is 16.3. The third-order valence-electron chi connectivity index (χ3n) is 12.8. The molecule has 0 aliphatic carbocycles. The van der Waals surface area contributed by atoms with Crippen LogP contribution < -0.4 is 21.5 Å². The average molecular weight is 1070 g/mol. The number of nitrogens with zero attached hydrogens (tertiary/aromatic N) is 5. The van der Waals surface area contributed by atoms with Gasteiger partial charge in [0.2, 0.25) is 17.7 Å². The number of methoxy groups -OCH3 is 1. The number of benzene rings is 1. The Kier molecular flexibility index (Phi) is 26.2. The van der Waals surface area contributed by atoms with E-state index in [2.05, 4.69) is 38.3 Å². The lowest BCUT2D eigenvalue weighted by molar-refractivity contribution is -0.388. The minimum absolute atomic E-state index is 0.0300. The van der Waals surface area contributed by atoms with Crippen LogP contribution in [0.5, 0.6) is 5.75 Å². The number of unbranched alkanes of at least 4 members (excludes halogenated alkanes) is 2. The molecule has 0 bridgehead atoms. The van der Waals surface area contributed by atoms with Gasteiger partial charge in [0.05, 0.1) is 11.0 Å². The first-order valence-corrected chi connectivity index (χ1v) is 28.2. The van der Waals surface area contributed by atoms with Crippen molar-refractivity contribution in [3.8, 4) is 5.75 Å². The second kappa shape index (κ2) is 31.6. The Bertz CT molecular complexity index is 2220. The van der Waals surface area contributed by atoms with Gasteiger partial charge in [0.25, 0.3) is 5.91 Å². The molecule has 5 N–H and O–H groups in total. The summed E-state index contributed by atoms with van der Waals surface area (Å²) >= 11 is 1.25. The van der Waals surface area contributed by atoms with E-state index in [-0.39, 0.29) is 77.4 Å². The van der Waals surface area contributed by atoms with Crippen LogP contribution in [0.15, 0.2) is 53.0 Å². The summed E-state index contributed by atoms with van der Waals surface area (Å²) in [4.78, 5) is 91.6. The van der Waals surface area contributed by atoms with Crippen LogP contribution in [0.1, 0.15) is 126 Å². The van der Waals surface area contributed by atoms with Gasteiger partial charge >= 0.3 is 11.8 Å². The van der Waals surface area contributed by atoms with Gasteiger partial charge in [-0.3, -0.25) is 39.6 Å². The maximum atomic E-state index is 14.9. The first-order chi connectivity index (χ1) is 35.0. The molecule has 20 nitrogen and oxygen atoms in total. The Labute approximate surface area is 441 Å². The number of aromatic hydroxyl groups is 1. The van der Waals surface area contributed by atoms with Crippen molar-refractivity contribution in [1.82, 2.24) is 41.3 Å². The third kappa shape index (κ3) is 19.6. The highest BCUT2D eigenvalue weighted by Crippen LogP contribution is 2.35. The number of amides is 5. The highest BCUT2D eigenvalue weighted by molar-refractivity contribution is 8.76. The smallest absolute Gasteiger partial charge is 0.426 e. The summed E-state index contributed by atoms with van der Waals surface area (Å²) in [5, 5.41) is 29.7. The van der Waals surface area contributed by atoms with E-state index >= 15 is 0 Å². The van der Waals surface area contributed by atoms with Gasteiger partial charge in [-0.05, 0) is 92.1 Å². The van der Waals surface area contributed by atoms with E-state index in [1.807, 2.05) is 34.7 Å². The molecule has 2 aromatic heterocycles. The van der Waals surface area contributed by atoms with E-state index in [0.717, 1.165) is 61.4 Å². The number of ether oxygens (including phenoxy) is 3. The molecule has 0 radical (unpaired) electrons. The number of likely N-dealkylation sites (tertiary alicyclic amines) is 1. The maximum absolute atomic E-state index is 14.9. The number of phenolic OH excluding ortho intramolecular Hbond substituents is 1. The Morgan fingerprint density at radius 1 is 1.01 bits per heavy atom. The van der Waals surface area contributed by atoms with Crippen molar-refractivity contribution in [2.24, 2.45) is 17.8 Å². The summed E-state index contributed by atoms with van der Waals surface area (Å²) in [5.41, 5.74) is 5.39. The Morgan fingerprint density at radius 2 is 1.77 bits per heavy atom. The number of carbonyl (C=O) groups is 5. The molecule has 404 valence electrons. The molecular weight excluding hydrogens is 999 g/mol. The van der Waals surface area contributed by atoms with Crippen molar-refractivity contribution in [1.29, 1.82) is 0 Å². The molecule has 1 saturated heterocycles. The van der Waals surface area contributed by atoms with Crippen LogP contribution in [-0.2, 0) is 35.0 Å². The molecule has 1 aliphatic heterocycles. The quantitative estimate of drug-likeness (QED) is 0.0140. The minimum atomic E-state index is -0.908. The number of likely N-dealkylation sites (N-methyl/N-ethyl adjacent to an activating group) is 1. The standard InChI is InChI=1S/C50H75N9O11S3/c1-9-11-14-24-69-31-58(49(64)43(33(5)10-2)54-46(63)39-16-12-13-23-57(39)7)41(32(3)4)29-42(68-8)48-53-38(30-71-48)45(62)52-36(28-35-18-20-37(60)21-19-35)27-34(6)44(61)55-56-50(65)70-25-26-72-73-47-40(59(66)67)17-15-22-51-47/h15,17-22,30,32-34,36,39,41-43,60H,9-14,16,23-29,31H2,1-8H3,(H,52,62)(H,54,63)(H,55,61)(H,56,65)/t33?,34-,36+,39+,41?,42+,43-/m0/s1. The predicted molar refractivity (Wildman–Crippen MR) is 283 cm³/mol. The molecule has 73 heavy (non-hydrogen) atoms. The molecule has 1 aromatic carbocycles. The van der Waals surface area contributed by atoms with Crippen LogP contribution in [0.2, 0.25) is 0 Å². The number of carbonyl (C=O) groups excluding carboxylic acids is 5. The van der Waals surface area contributed by atoms with Crippen molar-refractivity contribution in [3.05, 3.63) is 74.4 Å². The molecule has 0 spiro atoms. The molecule has 3 heterocycles. The average Bonchev–Trinajstić information content (AvgIpc) is 3.87. The fraction of sp³-hybridized carbons (Fsp3) is 0.620. The van der Waals surface area contributed by atoms with Gasteiger partial charge in [-0.25, -0.2) is 20.2 Å². The topological polar surface area (TPSA) is 257 Å². The lowest BCUT2D eigenvalue weighted by Gasteiger charge is -2.40. The monoisotopic (exact) mass is 1070 g/mol. The summed E-state index contributed by atoms with van der Waals surface area (Å²) in [6.45, 7) is 13.1. The van der Waals surface area contributed by atoms with Crippen molar-refractivity contribution >= 4 is 68.3 Å². The van der Waals surface area contributed by atoms with Gasteiger partial charge in [-0.2, -0.15) is 0 Å². The molecule has 1 fully saturated rings. The predicted octanol–water partition coefficient (Wildman–Crippen LogP) is 7.83. The van der Waals surface area contributed by atoms with Crippen LogP contribution in [0.25, 0.3) is 0 Å². The second-order valence-electron chi connectivity index (χ2n) is 18.7. The minimum Gasteiger partial charge on any atom is -0.508 e. The molecule has 4 rings (SSSR count). The number of thiazole rings is 1. The van der Waals surface area contributed by atoms with Crippen LogP contribution in [0, 0.1) is 27.9 Å². The van der Waals surface area contributed by atoms with E-state index in [0.29, 0.717) is 30.9 Å². The SMILES string of the molecule is CCCCCOCN(C(=O)[C@@H](NC(=O)[C@H]1CCCCN1C)C(C)CC)C(C[C@@H](OC)c1nc(C(=O)N[C@@H](Cc2ccc(O)cc2)C[C@H](C)C(=O)NNC(=O)OCCSSc2ncccc2[N+](=O)[O-])cs1)C(C)C. The second-order valence-corrected chi connectivity index (χ2v) is 22.0. The maximum Gasteiger partial charge on any atom is 0.426 e. The molecule has 3 aromatic rings. The van der Waals surface area contributed by atoms with Crippen molar-refractivity contribution in [3.63, 3.8) is 0 Å². The van der Waals surface area contributed by atoms with E-state index in [1.54, 1.807) is 36.4 Å². The van der Waals surface area contributed by atoms with Gasteiger partial charge in [0, 0.05) is 61.5 Å². The van der Waals surface area contributed by atoms with E-state index < -0.39 is 53.0 Å². The van der Waals surface area contributed by atoms with Crippen LogP contribution in [-0.4, -0.2) is 130 Å². The molecule has 1 aliphatic rings. The fourth-order valence-electron chi connectivity index (χ4n) is 8.30. The zero-order valence-corrected chi connectivity index (χ0v) is 45.8. The van der Waals surface area contributed by atoms with E-state index in [9.17, 15) is 39.2 Å². The number of hydrogen-bond acceptors (Lipinski definition) is 17. The summed E-state index contributed by atoms with van der Waals surface area (Å²) in [6.07, 6.45) is 6.93. The Hall–Kier alpha value is -5.07. The number of hydrogen-bond donors (Lipinski definition) is 5. The van der Waals surface area contributed by atoms with Gasteiger partial charge < -0.3 is 34.9 Å². The van der Waals surface area contributed by atoms with Gasteiger partial charge in [-0.15, -0.1) is 11.3 Å². The van der Waals surface area contributed by atoms with Gasteiger partial charge in [0.1, 0.15) is 41.9 Å². The van der Waals surface area contributed by atoms with Crippen molar-refractivity contribution < 1.29 is 48.2 Å². The number of phenols is 1. The summed E-state index contributed by atoms with van der Waals surface area (Å²) in [6, 6.07) is 7.24. The zero-order chi connectivity index (χ0) is 53.5. The summed E-state index contributed by atoms with van der Waals surface area (Å²) in [7, 11) is 5.81.